The van der Waals surface area contributed by atoms with Crippen LogP contribution >= 0.6 is 61.1 Å². The first kappa shape index (κ1) is 171. The molecule has 55 heteroatoms. The maximum absolute atomic E-state index is 12.5. The normalized spacial score (nSPS) is 14.4. The molecule has 4 aliphatic heterocycles. The van der Waals surface area contributed by atoms with Crippen molar-refractivity contribution in [3.63, 3.8) is 0 Å². The number of imide groups is 3. The second kappa shape index (κ2) is 107. The van der Waals surface area contributed by atoms with Crippen molar-refractivity contribution in [2.24, 2.45) is 30.7 Å². The summed E-state index contributed by atoms with van der Waals surface area (Å²) in [6.45, 7) is 16.0. The van der Waals surface area contributed by atoms with Crippen LogP contribution in [0.1, 0.15) is 251 Å². The van der Waals surface area contributed by atoms with Gasteiger partial charge in [-0.3, -0.25) is 76.1 Å². The fourth-order valence-electron chi connectivity index (χ4n) is 11.6. The van der Waals surface area contributed by atoms with Crippen molar-refractivity contribution in [2.75, 3.05) is 102 Å². The van der Waals surface area contributed by atoms with E-state index in [-0.39, 0.29) is 276 Å². The van der Waals surface area contributed by atoms with E-state index in [1.807, 2.05) is 34.7 Å². The van der Waals surface area contributed by atoms with Gasteiger partial charge >= 0.3 is 130 Å². The van der Waals surface area contributed by atoms with Crippen LogP contribution in [0.4, 0.5) is 9.59 Å². The number of halogens is 1. The predicted molar refractivity (Wildman–Crippen MR) is 522 cm³/mol. The molecule has 0 radical (unpaired) electrons. The average Bonchev–Trinajstić information content (AvgIpc) is 0.762. The molecule has 141 heavy (non-hydrogen) atoms. The number of likely N-dealkylation sites (tertiary alicyclic amines) is 1. The number of carbonyl (C=O) groups is 14. The van der Waals surface area contributed by atoms with Crippen molar-refractivity contribution in [3.05, 3.63) is 77.3 Å². The number of barbiturate groups is 1. The van der Waals surface area contributed by atoms with Gasteiger partial charge in [0.25, 0.3) is 17.0 Å². The SMILES string of the molecule is C.C/C=C1\C(=O)C(CCCCCC(=O)[O-])C(=O)N(C)C1=O.C=COC.CC.CN1C(=O)CC(=O)N(CCCCCC(=O)[O-])C1=O.CN=C=O.CNC(=O)NCCCCCC(=O)[O-].CNCCCCCC(=O)[O-].COC1CC(C)c2c(n(C)c(=O)n(CCCC(=O)O)c2=O)O1.COC1CC(C)c2c(n(CCCC(=O)O)c(=O)n(C)c2=O)O1.COCCCCl.NCCCCCC(=O)[O-].[Li+].[Li+].[Li+].[Li+].[Li+].[PH2-].[PH2-].[PH2-].[PH2-].[PH2-]. The zero-order valence-electron chi connectivity index (χ0n) is 86.0. The standard InChI is InChI=1S/2C14H20N2O6.C14H19NO5.C11H16N2O5.C8H16N2O3.C7H15NO2.C6H13NO2.C4H9ClO.C3H6O.C2H3NO.C2H6.CH4.5Li.5H2P/c1-8-7-10(21-3)22-13-11(8)12(19)16(14(20)15(13)2)6-4-5-9(17)18;1-8-7-10(21-3)22-13-11(8)12(19)15(2)14(20)16(13)6-4-5-9(17)18;1-3-9-12(18)10(14(20)15(2)13(9)19)7-5-4-6-8-11(16)17;1-12-8(14)7-9(15)13(11(12)18)6-4-2-3-5-10(16)17;1-9-8(13)10-6-4-2-3-5-7(11)12;1-8-6-4-2-3-5-7(9)10;7-5-3-1-2-4-6(8)9;1-6-4-2-3-5;1-3-4-2;1-3-2-4;1-2;;;;;;;;;;;/h2*8,10H,4-7H2,1-3H3,(H,17,18);3,10H,4-8H2,1-2H3,(H,16,17);2-7H2,1H3,(H,16,17);2-6H2,1H3,(H,11,12)(H2,9,10,13);8H,2-6H2,1H3,(H,9,10);1-5,7H2,(H,8,9);2-4H2,1H3;3H,1H2,2H3;1H3;1-2H3;1H4;;;;;;5*1H2/q;;;;;;;;;;;;5*+1;5*-1/p-5/b;;9-3+;;;;;;;;;;;;;;;;;;;. The largest absolute Gasteiger partial charge is 1.00 e. The van der Waals surface area contributed by atoms with Gasteiger partial charge in [-0.15, -0.1) is 11.6 Å². The molecule has 8 amide bonds. The van der Waals surface area contributed by atoms with E-state index in [0.29, 0.717) is 101 Å². The number of hydrogen-bond donors (Lipinski definition) is 6. The van der Waals surface area contributed by atoms with E-state index in [1.54, 1.807) is 28.2 Å². The number of carbonyl (C=O) groups excluding carboxylic acids is 13. The van der Waals surface area contributed by atoms with Gasteiger partial charge in [-0.05, 0) is 154 Å². The molecule has 2 aromatic rings. The summed E-state index contributed by atoms with van der Waals surface area (Å²) in [5, 5.41) is 75.6. The Labute approximate surface area is 910 Å². The quantitative estimate of drug-likeness (QED) is 0.00307. The van der Waals surface area contributed by atoms with E-state index < -0.39 is 113 Å². The average molecular weight is 2090 g/mol. The third-order valence-corrected chi connectivity index (χ3v) is 18.8. The molecule has 4 aliphatic rings. The first-order valence-electron chi connectivity index (χ1n) is 42.6. The Morgan fingerprint density at radius 2 is 0.943 bits per heavy atom. The number of unbranched alkanes of at least 4 members (excludes halogenated alkanes) is 10. The molecule has 6 heterocycles. The Morgan fingerprint density at radius 1 is 0.553 bits per heavy atom. The molecule has 5 atom stereocenters. The molecular weight excluding hydrogens is 1940 g/mol. The number of rotatable bonds is 43. The zero-order chi connectivity index (χ0) is 101. The Morgan fingerprint density at radius 3 is 1.30 bits per heavy atom. The maximum Gasteiger partial charge on any atom is 1.00 e. The number of piperidine rings is 1. The number of nitrogens with zero attached hydrogens (tertiary/aromatic N) is 8. The molecule has 0 bridgehead atoms. The van der Waals surface area contributed by atoms with Gasteiger partial charge in [-0.2, -0.15) is 0 Å². The van der Waals surface area contributed by atoms with E-state index in [4.69, 9.17) is 56.0 Å². The minimum absolute atomic E-state index is 0. The number of isocyanates is 1. The maximum atomic E-state index is 12.5. The number of fused-ring (bicyclic) bond motifs is 2. The molecule has 2 aromatic heterocycles. The van der Waals surface area contributed by atoms with Crippen LogP contribution in [-0.4, -0.2) is 247 Å². The number of nitrogens with one attached hydrogen (secondary N) is 3. The summed E-state index contributed by atoms with van der Waals surface area (Å²) >= 11 is 5.30. The number of likely N-dealkylation sites (N-methyl/N-ethyl adjacent to an activating group) is 1. The van der Waals surface area contributed by atoms with E-state index in [2.05, 4.69) is 32.3 Å². The van der Waals surface area contributed by atoms with Gasteiger partial charge in [0.15, 0.2) is 5.78 Å². The number of ether oxygens (including phenoxy) is 6. The van der Waals surface area contributed by atoms with Crippen molar-refractivity contribution >= 4 is 150 Å². The fourth-order valence-corrected chi connectivity index (χ4v) is 11.7. The van der Waals surface area contributed by atoms with Crippen molar-refractivity contribution in [1.82, 2.24) is 48.9 Å². The van der Waals surface area contributed by atoms with E-state index in [0.717, 1.165) is 88.4 Å². The molecule has 2 saturated heterocycles. The van der Waals surface area contributed by atoms with Crippen molar-refractivity contribution in [3.8, 4) is 11.8 Å². The summed E-state index contributed by atoms with van der Waals surface area (Å²) in [7, 11) is 16.7. The van der Waals surface area contributed by atoms with Crippen LogP contribution in [0, 0.1) is 5.92 Å². The van der Waals surface area contributed by atoms with Crippen LogP contribution in [0.2, 0.25) is 0 Å². The zero-order valence-corrected chi connectivity index (χ0v) is 92.5. The number of alkyl halides is 1. The number of allylic oxidation sites excluding steroid dienone is 1. The summed E-state index contributed by atoms with van der Waals surface area (Å²) in [5.74, 6) is -9.41. The molecule has 6 rings (SSSR count). The second-order valence-corrected chi connectivity index (χ2v) is 28.9. The number of methoxy groups -OCH3 is 4. The van der Waals surface area contributed by atoms with E-state index >= 15 is 0 Å². The molecular formula is C86H152ClLi5N12O32P5-5. The van der Waals surface area contributed by atoms with Gasteiger partial charge in [-0.25, -0.2) is 29.0 Å². The van der Waals surface area contributed by atoms with E-state index in [9.17, 15) is 112 Å². The number of nitrogens with two attached hydrogens (primary N) is 1. The van der Waals surface area contributed by atoms with Crippen molar-refractivity contribution in [1.29, 1.82) is 0 Å². The molecule has 0 aromatic carbocycles. The third kappa shape index (κ3) is 77.9. The topological polar surface area (TPSA) is 639 Å². The van der Waals surface area contributed by atoms with Crippen LogP contribution in [-0.2, 0) is 108 Å². The van der Waals surface area contributed by atoms with Crippen LogP contribution in [0.5, 0.6) is 11.8 Å². The smallest absolute Gasteiger partial charge is 0.577 e. The summed E-state index contributed by atoms with van der Waals surface area (Å²) in [6, 6.07) is -0.823. The molecule has 7 N–H and O–H groups in total. The Kier molecular flexibility index (Phi) is 129. The summed E-state index contributed by atoms with van der Waals surface area (Å²) in [6.07, 6.45) is 16.5. The summed E-state index contributed by atoms with van der Waals surface area (Å²) < 4.78 is 35.3. The summed E-state index contributed by atoms with van der Waals surface area (Å²) in [4.78, 5) is 216. The third-order valence-electron chi connectivity index (χ3n) is 18.6. The van der Waals surface area contributed by atoms with Crippen LogP contribution in [0.3, 0.4) is 0 Å². The number of ketones is 1. The van der Waals surface area contributed by atoms with Gasteiger partial charge < -0.3 is 159 Å². The molecule has 44 nitrogen and oxygen atoms in total. The number of Topliss-reactive ketones (excluding diaryl/α,β-unsaturated/α-hetero) is 1. The molecule has 0 saturated carbocycles. The summed E-state index contributed by atoms with van der Waals surface area (Å²) in [5.41, 5.74) is 4.28. The number of carboxylic acids is 7. The number of aromatic nitrogens is 4. The van der Waals surface area contributed by atoms with Crippen LogP contribution < -0.4 is 173 Å². The van der Waals surface area contributed by atoms with E-state index in [1.165, 1.54) is 77.0 Å². The van der Waals surface area contributed by atoms with Crippen molar-refractivity contribution in [2.45, 2.75) is 266 Å². The Balaban J connectivity index is -0.0000000901. The van der Waals surface area contributed by atoms with Crippen LogP contribution in [0.15, 0.2) is 48.7 Å². The Hall–Kier alpha value is -6.17. The molecule has 0 aliphatic carbocycles. The van der Waals surface area contributed by atoms with Gasteiger partial charge in [0.05, 0.1) is 30.1 Å². The number of urea groups is 2. The van der Waals surface area contributed by atoms with Crippen LogP contribution in [0.25, 0.3) is 0 Å². The van der Waals surface area contributed by atoms with Gasteiger partial charge in [0.1, 0.15) is 12.3 Å². The number of aliphatic carboxylic acids is 7. The monoisotopic (exact) mass is 2090 g/mol. The number of amides is 8. The van der Waals surface area contributed by atoms with Gasteiger partial charge in [-0.1, -0.05) is 86.3 Å². The van der Waals surface area contributed by atoms with Gasteiger partial charge in [0, 0.05) is 158 Å². The minimum Gasteiger partial charge on any atom is -0.577 e. The Bertz CT molecular complexity index is 4170. The molecule has 2 fully saturated rings. The number of hydrogen-bond acceptors (Lipinski definition) is 33. The minimum atomic E-state index is -1.11. The van der Waals surface area contributed by atoms with Gasteiger partial charge in [0.2, 0.25) is 48.1 Å². The van der Waals surface area contributed by atoms with Crippen molar-refractivity contribution < 1.29 is 230 Å². The number of aliphatic imine (C=N–C) groups is 1. The first-order valence-corrected chi connectivity index (χ1v) is 43.1. The second-order valence-electron chi connectivity index (χ2n) is 28.5. The number of carboxylic acid groups (broad SMARTS) is 7. The molecule has 790 valence electrons. The molecule has 0 spiro atoms. The predicted octanol–water partition coefficient (Wildman–Crippen LogP) is -12.2. The molecule has 5 unspecified atom stereocenters. The fraction of sp³-hybridized carbons (Fsp3) is 0.686. The first-order chi connectivity index (χ1) is 61.5.